The second-order valence-corrected chi connectivity index (χ2v) is 7.56. The average molecular weight is 365 g/mol. The molecule has 0 atom stereocenters. The smallest absolute Gasteiger partial charge is 0.269 e. The van der Waals surface area contributed by atoms with Gasteiger partial charge in [0.2, 0.25) is 10.0 Å². The molecular weight excluding hydrogens is 349 g/mol. The van der Waals surface area contributed by atoms with Crippen molar-refractivity contribution >= 4 is 21.4 Å². The van der Waals surface area contributed by atoms with E-state index in [2.05, 4.69) is 0 Å². The van der Waals surface area contributed by atoms with Crippen molar-refractivity contribution in [3.05, 3.63) is 64.5 Å². The van der Waals surface area contributed by atoms with E-state index in [4.69, 9.17) is 0 Å². The Hall–Kier alpha value is -2.52. The van der Waals surface area contributed by atoms with Crippen LogP contribution in [-0.4, -0.2) is 43.8 Å². The first-order valence-electron chi connectivity index (χ1n) is 7.63. The maximum atomic E-state index is 13.0. The molecule has 1 saturated heterocycles. The third kappa shape index (κ3) is 3.62. The summed E-state index contributed by atoms with van der Waals surface area (Å²) in [6.45, 7) is 1.52. The zero-order valence-electron chi connectivity index (χ0n) is 13.2. The van der Waals surface area contributed by atoms with Gasteiger partial charge in [-0.15, -0.1) is 0 Å². The maximum Gasteiger partial charge on any atom is 0.269 e. The van der Waals surface area contributed by atoms with Crippen LogP contribution in [0.25, 0.3) is 0 Å². The SMILES string of the molecule is O=[N+]([O-])c1ccc(N2CCN(S(=O)(=O)c3ccc(F)cc3)CC2)cc1. The number of piperazine rings is 1. The number of non-ortho nitro benzene ring substituents is 1. The van der Waals surface area contributed by atoms with Gasteiger partial charge in [-0.1, -0.05) is 0 Å². The minimum Gasteiger partial charge on any atom is -0.369 e. The molecule has 25 heavy (non-hydrogen) atoms. The molecule has 0 aliphatic carbocycles. The van der Waals surface area contributed by atoms with E-state index in [1.54, 1.807) is 12.1 Å². The van der Waals surface area contributed by atoms with Crippen LogP contribution in [0.5, 0.6) is 0 Å². The summed E-state index contributed by atoms with van der Waals surface area (Å²) in [7, 11) is -3.65. The van der Waals surface area contributed by atoms with E-state index in [-0.39, 0.29) is 23.7 Å². The average Bonchev–Trinajstić information content (AvgIpc) is 2.62. The summed E-state index contributed by atoms with van der Waals surface area (Å²) in [5.41, 5.74) is 0.825. The maximum absolute atomic E-state index is 13.0. The summed E-state index contributed by atoms with van der Waals surface area (Å²) in [5.74, 6) is -0.484. The summed E-state index contributed by atoms with van der Waals surface area (Å²) >= 11 is 0. The van der Waals surface area contributed by atoms with Gasteiger partial charge in [0.25, 0.3) is 5.69 Å². The van der Waals surface area contributed by atoms with Crippen LogP contribution in [0, 0.1) is 15.9 Å². The van der Waals surface area contributed by atoms with Gasteiger partial charge < -0.3 is 4.90 Å². The molecule has 0 unspecified atom stereocenters. The number of anilines is 1. The zero-order valence-corrected chi connectivity index (χ0v) is 14.0. The van der Waals surface area contributed by atoms with Crippen LogP contribution < -0.4 is 4.90 Å². The Morgan fingerprint density at radius 2 is 1.48 bits per heavy atom. The second kappa shape index (κ2) is 6.77. The zero-order chi connectivity index (χ0) is 18.0. The number of sulfonamides is 1. The van der Waals surface area contributed by atoms with Gasteiger partial charge in [0.1, 0.15) is 5.82 Å². The number of hydrogen-bond donors (Lipinski definition) is 0. The van der Waals surface area contributed by atoms with Crippen molar-refractivity contribution in [2.24, 2.45) is 0 Å². The largest absolute Gasteiger partial charge is 0.369 e. The summed E-state index contributed by atoms with van der Waals surface area (Å²) in [6.07, 6.45) is 0. The number of hydrogen-bond acceptors (Lipinski definition) is 5. The summed E-state index contributed by atoms with van der Waals surface area (Å²) in [6, 6.07) is 10.9. The van der Waals surface area contributed by atoms with E-state index in [1.807, 2.05) is 4.90 Å². The molecule has 0 radical (unpaired) electrons. The predicted molar refractivity (Wildman–Crippen MR) is 90.5 cm³/mol. The van der Waals surface area contributed by atoms with Crippen LogP contribution in [0.2, 0.25) is 0 Å². The Morgan fingerprint density at radius 1 is 0.920 bits per heavy atom. The number of rotatable bonds is 4. The molecule has 1 aliphatic rings. The lowest BCUT2D eigenvalue weighted by Crippen LogP contribution is -2.48. The fourth-order valence-electron chi connectivity index (χ4n) is 2.73. The Bertz CT molecular complexity index is 861. The summed E-state index contributed by atoms with van der Waals surface area (Å²) < 4.78 is 39.5. The number of halogens is 1. The van der Waals surface area contributed by atoms with E-state index in [9.17, 15) is 22.9 Å². The molecule has 0 bridgehead atoms. The normalized spacial score (nSPS) is 16.0. The second-order valence-electron chi connectivity index (χ2n) is 5.62. The van der Waals surface area contributed by atoms with Crippen LogP contribution in [0.15, 0.2) is 53.4 Å². The quantitative estimate of drug-likeness (QED) is 0.613. The molecule has 1 fully saturated rings. The molecular formula is C16H16FN3O4S. The summed E-state index contributed by atoms with van der Waals surface area (Å²) in [5, 5.41) is 10.7. The molecule has 2 aromatic carbocycles. The van der Waals surface area contributed by atoms with E-state index < -0.39 is 20.8 Å². The lowest BCUT2D eigenvalue weighted by atomic mass is 10.2. The number of nitro groups is 1. The van der Waals surface area contributed by atoms with Crippen molar-refractivity contribution < 1.29 is 17.7 Å². The van der Waals surface area contributed by atoms with E-state index >= 15 is 0 Å². The Balaban J connectivity index is 1.69. The standard InChI is InChI=1S/C16H16FN3O4S/c17-13-1-7-16(8-2-13)25(23,24)19-11-9-18(10-12-19)14-3-5-15(6-4-14)20(21)22/h1-8H,9-12H2. The number of nitrogens with zero attached hydrogens (tertiary/aromatic N) is 3. The molecule has 0 saturated carbocycles. The highest BCUT2D eigenvalue weighted by molar-refractivity contribution is 7.89. The first-order chi connectivity index (χ1) is 11.9. The fourth-order valence-corrected chi connectivity index (χ4v) is 4.15. The molecule has 0 spiro atoms. The van der Waals surface area contributed by atoms with Gasteiger partial charge in [0.15, 0.2) is 0 Å². The van der Waals surface area contributed by atoms with Crippen molar-refractivity contribution in [3.63, 3.8) is 0 Å². The van der Waals surface area contributed by atoms with Gasteiger partial charge in [-0.3, -0.25) is 10.1 Å². The van der Waals surface area contributed by atoms with Crippen LogP contribution in [0.4, 0.5) is 15.8 Å². The molecule has 1 heterocycles. The third-order valence-electron chi connectivity index (χ3n) is 4.12. The van der Waals surface area contributed by atoms with Crippen LogP contribution in [-0.2, 0) is 10.0 Å². The minimum atomic E-state index is -3.65. The molecule has 2 aromatic rings. The molecule has 3 rings (SSSR count). The van der Waals surface area contributed by atoms with Gasteiger partial charge in [-0.25, -0.2) is 12.8 Å². The van der Waals surface area contributed by atoms with E-state index in [0.717, 1.165) is 17.8 Å². The van der Waals surface area contributed by atoms with Crippen molar-refractivity contribution in [2.75, 3.05) is 31.1 Å². The lowest BCUT2D eigenvalue weighted by Gasteiger charge is -2.35. The molecule has 1 aliphatic heterocycles. The first-order valence-corrected chi connectivity index (χ1v) is 9.07. The molecule has 132 valence electrons. The predicted octanol–water partition coefficient (Wildman–Crippen LogP) is 2.24. The van der Waals surface area contributed by atoms with Gasteiger partial charge in [-0.05, 0) is 36.4 Å². The Morgan fingerprint density at radius 3 is 2.00 bits per heavy atom. The monoisotopic (exact) mass is 365 g/mol. The number of nitro benzene ring substituents is 1. The van der Waals surface area contributed by atoms with Gasteiger partial charge in [0, 0.05) is 44.0 Å². The van der Waals surface area contributed by atoms with Crippen molar-refractivity contribution in [1.29, 1.82) is 0 Å². The molecule has 0 aromatic heterocycles. The third-order valence-corrected chi connectivity index (χ3v) is 6.03. The van der Waals surface area contributed by atoms with Crippen LogP contribution >= 0.6 is 0 Å². The highest BCUT2D eigenvalue weighted by atomic mass is 32.2. The van der Waals surface area contributed by atoms with Crippen LogP contribution in [0.1, 0.15) is 0 Å². The molecule has 7 nitrogen and oxygen atoms in total. The highest BCUT2D eigenvalue weighted by Crippen LogP contribution is 2.23. The number of benzene rings is 2. The highest BCUT2D eigenvalue weighted by Gasteiger charge is 2.28. The molecule has 0 amide bonds. The first kappa shape index (κ1) is 17.3. The fraction of sp³-hybridized carbons (Fsp3) is 0.250. The molecule has 0 N–H and O–H groups in total. The topological polar surface area (TPSA) is 83.8 Å². The van der Waals surface area contributed by atoms with Gasteiger partial charge >= 0.3 is 0 Å². The van der Waals surface area contributed by atoms with Crippen molar-refractivity contribution in [2.45, 2.75) is 4.90 Å². The van der Waals surface area contributed by atoms with Crippen molar-refractivity contribution in [1.82, 2.24) is 4.31 Å². The Labute approximate surface area is 144 Å². The minimum absolute atomic E-state index is 0.0151. The van der Waals surface area contributed by atoms with Crippen LogP contribution in [0.3, 0.4) is 0 Å². The van der Waals surface area contributed by atoms with E-state index in [1.165, 1.54) is 28.6 Å². The van der Waals surface area contributed by atoms with Gasteiger partial charge in [-0.2, -0.15) is 4.31 Å². The molecule has 9 heteroatoms. The van der Waals surface area contributed by atoms with Gasteiger partial charge in [0.05, 0.1) is 9.82 Å². The lowest BCUT2D eigenvalue weighted by molar-refractivity contribution is -0.384. The Kier molecular flexibility index (Phi) is 4.69. The van der Waals surface area contributed by atoms with Crippen molar-refractivity contribution in [3.8, 4) is 0 Å². The summed E-state index contributed by atoms with van der Waals surface area (Å²) in [4.78, 5) is 12.3. The van der Waals surface area contributed by atoms with E-state index in [0.29, 0.717) is 13.1 Å².